The maximum absolute atomic E-state index is 10.1. The van der Waals surface area contributed by atoms with Crippen molar-refractivity contribution in [2.45, 2.75) is 13.8 Å². The van der Waals surface area contributed by atoms with E-state index in [-0.39, 0.29) is 0 Å². The molecule has 0 spiro atoms. The summed E-state index contributed by atoms with van der Waals surface area (Å²) >= 11 is -2.22. The predicted molar refractivity (Wildman–Crippen MR) is 50.3 cm³/mol. The van der Waals surface area contributed by atoms with Crippen LogP contribution in [0, 0.1) is 0 Å². The fourth-order valence-electron chi connectivity index (χ4n) is 0.602. The van der Waals surface area contributed by atoms with Gasteiger partial charge in [-0.3, -0.25) is 4.21 Å². The van der Waals surface area contributed by atoms with Crippen molar-refractivity contribution in [1.29, 1.82) is 0 Å². The van der Waals surface area contributed by atoms with Crippen molar-refractivity contribution >= 4 is 17.0 Å². The van der Waals surface area contributed by atoms with Crippen molar-refractivity contribution in [3.05, 3.63) is 30.3 Å². The zero-order chi connectivity index (χ0) is 9.40. The van der Waals surface area contributed by atoms with Crippen LogP contribution < -0.4 is 4.72 Å². The Kier molecular flexibility index (Phi) is 6.32. The van der Waals surface area contributed by atoms with Crippen molar-refractivity contribution in [2.75, 3.05) is 4.72 Å². The van der Waals surface area contributed by atoms with Crippen LogP contribution in [0.2, 0.25) is 0 Å². The fourth-order valence-corrected chi connectivity index (χ4v) is 0.931. The maximum atomic E-state index is 10.1. The quantitative estimate of drug-likeness (QED) is 0.717. The molecule has 0 aromatic heterocycles. The molecule has 1 rings (SSSR count). The van der Waals surface area contributed by atoms with E-state index in [0.29, 0.717) is 5.69 Å². The minimum Gasteiger partial charge on any atom is -0.755 e. The van der Waals surface area contributed by atoms with Crippen molar-refractivity contribution in [3.63, 3.8) is 0 Å². The number of hydrogen-bond donors (Lipinski definition) is 1. The Bertz CT molecular complexity index is 226. The summed E-state index contributed by atoms with van der Waals surface area (Å²) in [5, 5.41) is 0. The fraction of sp³-hybridized carbons (Fsp3) is 0.250. The van der Waals surface area contributed by atoms with Gasteiger partial charge in [-0.2, -0.15) is 0 Å². The van der Waals surface area contributed by atoms with Crippen LogP contribution >= 0.6 is 0 Å². The Labute approximate surface area is 75.2 Å². The molecule has 0 amide bonds. The first-order valence-electron chi connectivity index (χ1n) is 3.70. The number of benzene rings is 1. The molecule has 0 radical (unpaired) electrons. The summed E-state index contributed by atoms with van der Waals surface area (Å²) in [4.78, 5) is 0. The third-order valence-electron chi connectivity index (χ3n) is 0.975. The van der Waals surface area contributed by atoms with Crippen molar-refractivity contribution in [3.8, 4) is 0 Å². The first-order chi connectivity index (χ1) is 5.79. The van der Waals surface area contributed by atoms with Gasteiger partial charge in [-0.1, -0.05) is 32.0 Å². The molecule has 1 aromatic rings. The summed E-state index contributed by atoms with van der Waals surface area (Å²) < 4.78 is 22.3. The van der Waals surface area contributed by atoms with Crippen LogP contribution in [0.5, 0.6) is 0 Å². The lowest BCUT2D eigenvalue weighted by atomic mass is 10.3. The summed E-state index contributed by atoms with van der Waals surface area (Å²) in [6, 6.07) is 8.69. The summed E-state index contributed by atoms with van der Waals surface area (Å²) in [6.45, 7) is 4.00. The van der Waals surface area contributed by atoms with Crippen molar-refractivity contribution in [1.82, 2.24) is 0 Å². The number of hydrogen-bond acceptors (Lipinski definition) is 2. The Hall–Kier alpha value is -0.870. The van der Waals surface area contributed by atoms with Crippen LogP contribution in [0.4, 0.5) is 5.69 Å². The van der Waals surface area contributed by atoms with Crippen LogP contribution in [0.3, 0.4) is 0 Å². The molecule has 1 aromatic carbocycles. The number of rotatable bonds is 2. The second-order valence-electron chi connectivity index (χ2n) is 1.70. The van der Waals surface area contributed by atoms with Crippen molar-refractivity contribution < 1.29 is 8.76 Å². The topological polar surface area (TPSA) is 52.2 Å². The highest BCUT2D eigenvalue weighted by atomic mass is 32.2. The van der Waals surface area contributed by atoms with Crippen LogP contribution in [0.1, 0.15) is 13.8 Å². The molecule has 1 N–H and O–H groups in total. The van der Waals surface area contributed by atoms with E-state index in [4.69, 9.17) is 0 Å². The highest BCUT2D eigenvalue weighted by molar-refractivity contribution is 7.80. The zero-order valence-electron chi connectivity index (χ0n) is 7.11. The molecule has 0 saturated carbocycles. The third-order valence-corrected chi connectivity index (χ3v) is 1.38. The lowest BCUT2D eigenvalue weighted by molar-refractivity contribution is 0.542. The maximum Gasteiger partial charge on any atom is 0.0452 e. The predicted octanol–water partition coefficient (Wildman–Crippen LogP) is 1.92. The normalized spacial score (nSPS) is 10.9. The third kappa shape index (κ3) is 4.87. The van der Waals surface area contributed by atoms with Gasteiger partial charge < -0.3 is 9.27 Å². The van der Waals surface area contributed by atoms with Gasteiger partial charge in [-0.15, -0.1) is 0 Å². The smallest absolute Gasteiger partial charge is 0.0452 e. The summed E-state index contributed by atoms with van der Waals surface area (Å²) in [5.41, 5.74) is 0.579. The minimum atomic E-state index is -2.22. The first kappa shape index (κ1) is 11.1. The summed E-state index contributed by atoms with van der Waals surface area (Å²) in [5.74, 6) is 0. The standard InChI is InChI=1S/C6H7NO2S.C2H6/c8-10(9)7-6-4-2-1-3-5-6;1-2/h1-5,7H,(H,8,9);1-2H3/p-1. The Balaban J connectivity index is 0.000000561. The summed E-state index contributed by atoms with van der Waals surface area (Å²) in [7, 11) is 0. The van der Waals surface area contributed by atoms with Crippen molar-refractivity contribution in [2.24, 2.45) is 0 Å². The molecule has 0 aliphatic heterocycles. The molecule has 1 unspecified atom stereocenters. The Morgan fingerprint density at radius 3 is 2.17 bits per heavy atom. The lowest BCUT2D eigenvalue weighted by Crippen LogP contribution is -2.01. The molecule has 0 heterocycles. The molecule has 4 heteroatoms. The van der Waals surface area contributed by atoms with E-state index in [9.17, 15) is 8.76 Å². The second kappa shape index (κ2) is 6.82. The van der Waals surface area contributed by atoms with Gasteiger partial charge in [0.2, 0.25) is 0 Å². The zero-order valence-corrected chi connectivity index (χ0v) is 7.93. The van der Waals surface area contributed by atoms with Gasteiger partial charge in [-0.05, 0) is 12.1 Å². The molecular formula is C8H12NO2S-. The largest absolute Gasteiger partial charge is 0.755 e. The van der Waals surface area contributed by atoms with Crippen LogP contribution in [0.15, 0.2) is 30.3 Å². The molecule has 0 saturated heterocycles. The number of anilines is 1. The molecule has 0 bridgehead atoms. The minimum absolute atomic E-state index is 0.579. The van der Waals surface area contributed by atoms with Gasteiger partial charge in [0.1, 0.15) is 0 Å². The van der Waals surface area contributed by atoms with E-state index >= 15 is 0 Å². The van der Waals surface area contributed by atoms with Gasteiger partial charge in [0.25, 0.3) is 0 Å². The van der Waals surface area contributed by atoms with E-state index in [0.717, 1.165) is 0 Å². The SMILES string of the molecule is CC.O=S([O-])Nc1ccccc1. The molecule has 0 aliphatic carbocycles. The molecule has 1 atom stereocenters. The van der Waals surface area contributed by atoms with Gasteiger partial charge in [0, 0.05) is 17.0 Å². The Morgan fingerprint density at radius 1 is 1.25 bits per heavy atom. The van der Waals surface area contributed by atoms with E-state index < -0.39 is 11.3 Å². The number of para-hydroxylation sites is 1. The van der Waals surface area contributed by atoms with Gasteiger partial charge in [0.05, 0.1) is 0 Å². The van der Waals surface area contributed by atoms with Gasteiger partial charge in [0.15, 0.2) is 0 Å². The molecule has 3 nitrogen and oxygen atoms in total. The number of nitrogens with one attached hydrogen (secondary N) is 1. The van der Waals surface area contributed by atoms with Gasteiger partial charge in [-0.25, -0.2) is 0 Å². The van der Waals surface area contributed by atoms with Crippen LogP contribution in [-0.2, 0) is 11.3 Å². The lowest BCUT2D eigenvalue weighted by Gasteiger charge is -2.06. The Morgan fingerprint density at radius 2 is 1.75 bits per heavy atom. The molecule has 68 valence electrons. The molecular weight excluding hydrogens is 174 g/mol. The highest BCUT2D eigenvalue weighted by Gasteiger charge is 1.84. The van der Waals surface area contributed by atoms with E-state index in [2.05, 4.69) is 4.72 Å². The molecule has 0 aliphatic rings. The van der Waals surface area contributed by atoms with E-state index in [1.165, 1.54) is 0 Å². The average Bonchev–Trinajstić information content (AvgIpc) is 2.08. The average molecular weight is 186 g/mol. The van der Waals surface area contributed by atoms with Crippen LogP contribution in [-0.4, -0.2) is 8.76 Å². The van der Waals surface area contributed by atoms with Gasteiger partial charge >= 0.3 is 0 Å². The van der Waals surface area contributed by atoms with E-state index in [1.807, 2.05) is 19.9 Å². The molecule has 12 heavy (non-hydrogen) atoms. The van der Waals surface area contributed by atoms with Crippen LogP contribution in [0.25, 0.3) is 0 Å². The summed E-state index contributed by atoms with van der Waals surface area (Å²) in [6.07, 6.45) is 0. The highest BCUT2D eigenvalue weighted by Crippen LogP contribution is 2.04. The second-order valence-corrected chi connectivity index (χ2v) is 2.38. The van der Waals surface area contributed by atoms with E-state index in [1.54, 1.807) is 24.3 Å². The molecule has 0 fully saturated rings. The first-order valence-corrected chi connectivity index (χ1v) is 4.77. The monoisotopic (exact) mass is 186 g/mol.